The average molecular weight is 293 g/mol. The van der Waals surface area contributed by atoms with E-state index in [0.29, 0.717) is 0 Å². The first-order chi connectivity index (χ1) is 10.5. The van der Waals surface area contributed by atoms with Crippen molar-refractivity contribution in [2.45, 2.75) is 25.7 Å². The Hall–Kier alpha value is -2.35. The first kappa shape index (κ1) is 16.0. The maximum Gasteiger partial charge on any atom is 0.166 e. The molecule has 0 unspecified atom stereocenters. The molecular weight excluding hydrogens is 270 g/mol. The molecule has 0 heterocycles. The maximum atomic E-state index is 11.9. The van der Waals surface area contributed by atoms with Crippen LogP contribution in [0, 0.1) is 5.21 Å². The number of rotatable bonds is 5. The average Bonchev–Trinajstić information content (AvgIpc) is 2.53. The molecule has 0 aromatic heterocycles. The Morgan fingerprint density at radius 2 is 1.41 bits per heavy atom. The van der Waals surface area contributed by atoms with Crippen molar-refractivity contribution in [3.05, 3.63) is 88.6 Å². The van der Waals surface area contributed by atoms with Crippen LogP contribution in [0.1, 0.15) is 31.4 Å². The molecule has 0 fully saturated rings. The third-order valence-electron chi connectivity index (χ3n) is 3.81. The minimum Gasteiger partial charge on any atom is -0.624 e. The third kappa shape index (κ3) is 3.64. The van der Waals surface area contributed by atoms with Gasteiger partial charge in [-0.25, -0.2) is 4.74 Å². The van der Waals surface area contributed by atoms with E-state index in [1.807, 2.05) is 36.4 Å². The fraction of sp³-hybridized carbons (Fsp3) is 0.250. The highest BCUT2D eigenvalue weighted by molar-refractivity contribution is 5.76. The van der Waals surface area contributed by atoms with Crippen molar-refractivity contribution in [3.63, 3.8) is 0 Å². The van der Waals surface area contributed by atoms with Crippen molar-refractivity contribution in [1.29, 1.82) is 0 Å². The summed E-state index contributed by atoms with van der Waals surface area (Å²) in [6, 6.07) is 20.4. The Balaban J connectivity index is 2.69. The van der Waals surface area contributed by atoms with Gasteiger partial charge in [-0.05, 0) is 31.4 Å². The fourth-order valence-corrected chi connectivity index (χ4v) is 2.75. The van der Waals surface area contributed by atoms with Gasteiger partial charge in [0.05, 0.1) is 0 Å². The second kappa shape index (κ2) is 7.08. The van der Waals surface area contributed by atoms with Gasteiger partial charge < -0.3 is 5.21 Å². The molecule has 0 amide bonds. The van der Waals surface area contributed by atoms with E-state index in [9.17, 15) is 5.21 Å². The number of hydrogen-bond acceptors (Lipinski definition) is 1. The molecule has 114 valence electrons. The van der Waals surface area contributed by atoms with Gasteiger partial charge in [-0.3, -0.25) is 0 Å². The third-order valence-corrected chi connectivity index (χ3v) is 3.81. The van der Waals surface area contributed by atoms with E-state index >= 15 is 0 Å². The zero-order valence-electron chi connectivity index (χ0n) is 13.5. The Bertz CT molecular complexity index is 609. The largest absolute Gasteiger partial charge is 0.624 e. The lowest BCUT2D eigenvalue weighted by molar-refractivity contribution is -0.420. The molecular formula is C20H23NO. The number of hydrogen-bond donors (Lipinski definition) is 0. The molecule has 0 N–H and O–H groups in total. The summed E-state index contributed by atoms with van der Waals surface area (Å²) in [5.74, 6) is 0. The predicted octanol–water partition coefficient (Wildman–Crippen LogP) is 4.54. The van der Waals surface area contributed by atoms with Crippen LogP contribution in [-0.2, 0) is 5.41 Å². The normalized spacial score (nSPS) is 12.0. The van der Waals surface area contributed by atoms with Crippen LogP contribution in [-0.4, -0.2) is 18.0 Å². The highest BCUT2D eigenvalue weighted by atomic mass is 16.5. The van der Waals surface area contributed by atoms with Crippen LogP contribution < -0.4 is 0 Å². The van der Waals surface area contributed by atoms with E-state index in [4.69, 9.17) is 0 Å². The first-order valence-electron chi connectivity index (χ1n) is 7.55. The van der Waals surface area contributed by atoms with E-state index in [-0.39, 0.29) is 0 Å². The van der Waals surface area contributed by atoms with Crippen LogP contribution in [0.3, 0.4) is 0 Å². The molecule has 0 radical (unpaired) electrons. The number of nitrogens with zero attached hydrogens (tertiary/aromatic N) is 1. The molecule has 2 nitrogen and oxygen atoms in total. The van der Waals surface area contributed by atoms with Crippen LogP contribution in [0.25, 0.3) is 0 Å². The van der Waals surface area contributed by atoms with Gasteiger partial charge in [0, 0.05) is 0 Å². The lowest BCUT2D eigenvalue weighted by Gasteiger charge is -2.29. The lowest BCUT2D eigenvalue weighted by atomic mass is 9.72. The van der Waals surface area contributed by atoms with E-state index in [1.54, 1.807) is 13.3 Å². The molecule has 2 aromatic carbocycles. The molecule has 22 heavy (non-hydrogen) atoms. The summed E-state index contributed by atoms with van der Waals surface area (Å²) in [6.45, 7) is 4.17. The van der Waals surface area contributed by atoms with Crippen LogP contribution in [0.5, 0.6) is 0 Å². The summed E-state index contributed by atoms with van der Waals surface area (Å²) >= 11 is 0. The summed E-state index contributed by atoms with van der Waals surface area (Å²) in [4.78, 5) is 0. The smallest absolute Gasteiger partial charge is 0.166 e. The Kier molecular flexibility index (Phi) is 5.16. The van der Waals surface area contributed by atoms with E-state index in [0.717, 1.165) is 22.3 Å². The van der Waals surface area contributed by atoms with Gasteiger partial charge in [0.1, 0.15) is 12.5 Å². The van der Waals surface area contributed by atoms with Gasteiger partial charge in [0.25, 0.3) is 0 Å². The highest BCUT2D eigenvalue weighted by Crippen LogP contribution is 2.35. The minimum absolute atomic E-state index is 0.448. The van der Waals surface area contributed by atoms with Crippen molar-refractivity contribution in [2.24, 2.45) is 0 Å². The standard InChI is InChI=1S/C20H23NO/c1-17(2)14-15-20(16-21(3)22,18-10-6-4-7-11-18)19-12-8-5-9-13-19/h4-14,16H,15H2,1-3H3/b21-16+. The molecule has 2 aromatic rings. The molecule has 0 bridgehead atoms. The maximum absolute atomic E-state index is 11.9. The van der Waals surface area contributed by atoms with Crippen LogP contribution in [0.2, 0.25) is 0 Å². The summed E-state index contributed by atoms with van der Waals surface area (Å²) in [5, 5.41) is 11.9. The molecule has 0 atom stereocenters. The van der Waals surface area contributed by atoms with Gasteiger partial charge in [-0.15, -0.1) is 0 Å². The summed E-state index contributed by atoms with van der Waals surface area (Å²) < 4.78 is 0.916. The van der Waals surface area contributed by atoms with Gasteiger partial charge in [-0.1, -0.05) is 72.3 Å². The summed E-state index contributed by atoms with van der Waals surface area (Å²) in [5.41, 5.74) is 3.05. The topological polar surface area (TPSA) is 26.1 Å². The van der Waals surface area contributed by atoms with E-state index < -0.39 is 5.41 Å². The van der Waals surface area contributed by atoms with E-state index in [2.05, 4.69) is 44.2 Å². The second-order valence-electron chi connectivity index (χ2n) is 5.86. The second-order valence-corrected chi connectivity index (χ2v) is 5.86. The van der Waals surface area contributed by atoms with Crippen molar-refractivity contribution < 1.29 is 4.74 Å². The summed E-state index contributed by atoms with van der Waals surface area (Å²) in [6.07, 6.45) is 4.73. The Labute approximate surface area is 133 Å². The zero-order valence-corrected chi connectivity index (χ0v) is 13.5. The number of hydroxylamine groups is 1. The molecule has 0 aliphatic heterocycles. The number of allylic oxidation sites excluding steroid dienone is 2. The van der Waals surface area contributed by atoms with Crippen molar-refractivity contribution >= 4 is 6.21 Å². The van der Waals surface area contributed by atoms with Crippen molar-refractivity contribution in [3.8, 4) is 0 Å². The monoisotopic (exact) mass is 293 g/mol. The molecule has 0 saturated carbocycles. The molecule has 0 aliphatic rings. The van der Waals surface area contributed by atoms with Crippen LogP contribution >= 0.6 is 0 Å². The zero-order chi connectivity index (χ0) is 16.0. The molecule has 0 aliphatic carbocycles. The van der Waals surface area contributed by atoms with Crippen molar-refractivity contribution in [1.82, 2.24) is 0 Å². The van der Waals surface area contributed by atoms with E-state index in [1.165, 1.54) is 5.57 Å². The summed E-state index contributed by atoms with van der Waals surface area (Å²) in [7, 11) is 1.54. The lowest BCUT2D eigenvalue weighted by Crippen LogP contribution is -2.32. The fourth-order valence-electron chi connectivity index (χ4n) is 2.75. The van der Waals surface area contributed by atoms with Gasteiger partial charge in [0.15, 0.2) is 6.21 Å². The van der Waals surface area contributed by atoms with Gasteiger partial charge >= 0.3 is 0 Å². The molecule has 0 saturated heterocycles. The molecule has 2 rings (SSSR count). The van der Waals surface area contributed by atoms with Crippen LogP contribution in [0.4, 0.5) is 0 Å². The Morgan fingerprint density at radius 1 is 0.955 bits per heavy atom. The highest BCUT2D eigenvalue weighted by Gasteiger charge is 2.34. The number of benzene rings is 2. The van der Waals surface area contributed by atoms with Gasteiger partial charge in [-0.2, -0.15) is 0 Å². The minimum atomic E-state index is -0.448. The van der Waals surface area contributed by atoms with Crippen molar-refractivity contribution in [2.75, 3.05) is 7.05 Å². The van der Waals surface area contributed by atoms with Gasteiger partial charge in [0.2, 0.25) is 0 Å². The van der Waals surface area contributed by atoms with Crippen LogP contribution in [0.15, 0.2) is 72.3 Å². The quantitative estimate of drug-likeness (QED) is 0.261. The predicted molar refractivity (Wildman–Crippen MR) is 93.3 cm³/mol. The Morgan fingerprint density at radius 3 is 1.77 bits per heavy atom. The first-order valence-corrected chi connectivity index (χ1v) is 7.55. The molecule has 2 heteroatoms. The SMILES string of the molecule is CC(C)=CCC(/C=[N+](\C)[O-])(c1ccccc1)c1ccccc1. The molecule has 0 spiro atoms.